The van der Waals surface area contributed by atoms with Crippen molar-refractivity contribution in [2.45, 2.75) is 24.8 Å². The highest BCUT2D eigenvalue weighted by Crippen LogP contribution is 2.19. The lowest BCUT2D eigenvalue weighted by molar-refractivity contribution is 0.489. The molecule has 0 bridgehead atoms. The van der Waals surface area contributed by atoms with E-state index in [1.54, 1.807) is 6.92 Å². The molecule has 108 valence electrons. The van der Waals surface area contributed by atoms with Crippen LogP contribution in [0.1, 0.15) is 13.8 Å². The Hall–Kier alpha value is -1.12. The minimum atomic E-state index is -4.36. The van der Waals surface area contributed by atoms with E-state index in [9.17, 15) is 21.6 Å². The standard InChI is InChI=1S/C11H15F3N2O2S/c1-3-15-7(2)6-16-19(17,18)11-9(13)4-8(12)5-10(11)14/h4-5,7,15-16H,3,6H2,1-2H3/t7-/m1/s1. The summed E-state index contributed by atoms with van der Waals surface area (Å²) in [6.07, 6.45) is 0. The van der Waals surface area contributed by atoms with E-state index < -0.39 is 32.4 Å². The minimum absolute atomic E-state index is 0.0353. The maximum Gasteiger partial charge on any atom is 0.246 e. The smallest absolute Gasteiger partial charge is 0.246 e. The largest absolute Gasteiger partial charge is 0.313 e. The number of rotatable bonds is 6. The van der Waals surface area contributed by atoms with Crippen LogP contribution in [0.25, 0.3) is 0 Å². The van der Waals surface area contributed by atoms with Crippen molar-refractivity contribution in [3.63, 3.8) is 0 Å². The normalized spacial score (nSPS) is 13.5. The SMILES string of the molecule is CCN[C@H](C)CNS(=O)(=O)c1c(F)cc(F)cc1F. The molecular weight excluding hydrogens is 281 g/mol. The van der Waals surface area contributed by atoms with Crippen molar-refractivity contribution >= 4 is 10.0 Å². The maximum atomic E-state index is 13.4. The Morgan fingerprint density at radius 2 is 1.74 bits per heavy atom. The lowest BCUT2D eigenvalue weighted by Gasteiger charge is -2.14. The zero-order valence-electron chi connectivity index (χ0n) is 10.5. The maximum absolute atomic E-state index is 13.4. The molecular formula is C11H15F3N2O2S. The fraction of sp³-hybridized carbons (Fsp3) is 0.455. The Bertz CT molecular complexity index is 526. The summed E-state index contributed by atoms with van der Waals surface area (Å²) < 4.78 is 65.0. The summed E-state index contributed by atoms with van der Waals surface area (Å²) in [6.45, 7) is 4.14. The number of nitrogens with one attached hydrogen (secondary N) is 2. The number of benzene rings is 1. The van der Waals surface area contributed by atoms with Crippen molar-refractivity contribution in [2.75, 3.05) is 13.1 Å². The number of likely N-dealkylation sites (N-methyl/N-ethyl adjacent to an activating group) is 1. The average Bonchev–Trinajstić information content (AvgIpc) is 2.25. The van der Waals surface area contributed by atoms with Gasteiger partial charge in [-0.1, -0.05) is 6.92 Å². The van der Waals surface area contributed by atoms with E-state index in [1.807, 2.05) is 6.92 Å². The molecule has 0 fully saturated rings. The van der Waals surface area contributed by atoms with Crippen LogP contribution in [-0.4, -0.2) is 27.5 Å². The first kappa shape index (κ1) is 15.9. The van der Waals surface area contributed by atoms with Gasteiger partial charge in [-0.05, 0) is 13.5 Å². The van der Waals surface area contributed by atoms with Crippen LogP contribution in [-0.2, 0) is 10.0 Å². The predicted octanol–water partition coefficient (Wildman–Crippen LogP) is 1.38. The van der Waals surface area contributed by atoms with Crippen molar-refractivity contribution in [3.05, 3.63) is 29.6 Å². The van der Waals surface area contributed by atoms with Gasteiger partial charge < -0.3 is 5.32 Å². The number of hydrogen-bond donors (Lipinski definition) is 2. The van der Waals surface area contributed by atoms with Gasteiger partial charge >= 0.3 is 0 Å². The fourth-order valence-corrected chi connectivity index (χ4v) is 2.76. The Kier molecular flexibility index (Phi) is 5.33. The molecule has 0 aliphatic carbocycles. The molecule has 4 nitrogen and oxygen atoms in total. The van der Waals surface area contributed by atoms with Gasteiger partial charge in [0.2, 0.25) is 10.0 Å². The number of hydrogen-bond acceptors (Lipinski definition) is 3. The van der Waals surface area contributed by atoms with Gasteiger partial charge in [0.05, 0.1) is 0 Å². The van der Waals surface area contributed by atoms with E-state index in [2.05, 4.69) is 10.0 Å². The van der Waals surface area contributed by atoms with Gasteiger partial charge in [-0.2, -0.15) is 0 Å². The molecule has 0 saturated heterocycles. The molecule has 1 aromatic rings. The van der Waals surface area contributed by atoms with Crippen LogP contribution >= 0.6 is 0 Å². The Labute approximate surface area is 110 Å². The summed E-state index contributed by atoms with van der Waals surface area (Å²) in [5.74, 6) is -4.09. The highest BCUT2D eigenvalue weighted by molar-refractivity contribution is 7.89. The van der Waals surface area contributed by atoms with E-state index in [0.29, 0.717) is 18.7 Å². The molecule has 0 aliphatic rings. The van der Waals surface area contributed by atoms with Crippen LogP contribution in [0.5, 0.6) is 0 Å². The van der Waals surface area contributed by atoms with Gasteiger partial charge in [-0.15, -0.1) is 0 Å². The first-order chi connectivity index (χ1) is 8.77. The molecule has 0 radical (unpaired) electrons. The highest BCUT2D eigenvalue weighted by Gasteiger charge is 2.25. The van der Waals surface area contributed by atoms with Crippen molar-refractivity contribution in [3.8, 4) is 0 Å². The second-order valence-corrected chi connectivity index (χ2v) is 5.71. The molecule has 8 heteroatoms. The van der Waals surface area contributed by atoms with Crippen molar-refractivity contribution in [1.82, 2.24) is 10.0 Å². The summed E-state index contributed by atoms with van der Waals surface area (Å²) in [5, 5.41) is 2.93. The predicted molar refractivity (Wildman–Crippen MR) is 64.6 cm³/mol. The summed E-state index contributed by atoms with van der Waals surface area (Å²) in [4.78, 5) is -1.17. The van der Waals surface area contributed by atoms with E-state index in [4.69, 9.17) is 0 Å². The second-order valence-electron chi connectivity index (χ2n) is 4.01. The monoisotopic (exact) mass is 296 g/mol. The van der Waals surface area contributed by atoms with Crippen LogP contribution in [0.2, 0.25) is 0 Å². The van der Waals surface area contributed by atoms with E-state index in [0.717, 1.165) is 0 Å². The molecule has 0 aromatic heterocycles. The topological polar surface area (TPSA) is 58.2 Å². The van der Waals surface area contributed by atoms with E-state index >= 15 is 0 Å². The quantitative estimate of drug-likeness (QED) is 0.834. The van der Waals surface area contributed by atoms with Crippen molar-refractivity contribution in [2.24, 2.45) is 0 Å². The first-order valence-electron chi connectivity index (χ1n) is 5.65. The van der Waals surface area contributed by atoms with Gasteiger partial charge in [0.25, 0.3) is 0 Å². The van der Waals surface area contributed by atoms with Gasteiger partial charge in [0, 0.05) is 24.7 Å². The zero-order valence-corrected chi connectivity index (χ0v) is 11.3. The third-order valence-electron chi connectivity index (χ3n) is 2.36. The van der Waals surface area contributed by atoms with Crippen molar-refractivity contribution < 1.29 is 21.6 Å². The molecule has 0 saturated carbocycles. The molecule has 0 unspecified atom stereocenters. The number of halogens is 3. The average molecular weight is 296 g/mol. The van der Waals surface area contributed by atoms with E-state index in [-0.39, 0.29) is 12.6 Å². The molecule has 0 amide bonds. The first-order valence-corrected chi connectivity index (χ1v) is 7.13. The molecule has 0 heterocycles. The van der Waals surface area contributed by atoms with Crippen molar-refractivity contribution in [1.29, 1.82) is 0 Å². The van der Waals surface area contributed by atoms with Gasteiger partial charge in [-0.25, -0.2) is 26.3 Å². The van der Waals surface area contributed by atoms with Crippen LogP contribution in [0, 0.1) is 17.5 Å². The van der Waals surface area contributed by atoms with Crippen LogP contribution in [0.3, 0.4) is 0 Å². The lowest BCUT2D eigenvalue weighted by Crippen LogP contribution is -2.39. The fourth-order valence-electron chi connectivity index (χ4n) is 1.51. The molecule has 19 heavy (non-hydrogen) atoms. The minimum Gasteiger partial charge on any atom is -0.313 e. The van der Waals surface area contributed by atoms with Crippen LogP contribution < -0.4 is 10.0 Å². The van der Waals surface area contributed by atoms with Gasteiger partial charge in [0.15, 0.2) is 4.90 Å². The second kappa shape index (κ2) is 6.36. The molecule has 2 N–H and O–H groups in total. The lowest BCUT2D eigenvalue weighted by atomic mass is 10.3. The summed E-state index contributed by atoms with van der Waals surface area (Å²) in [6, 6.07) is 0.447. The molecule has 1 rings (SSSR count). The molecule has 0 spiro atoms. The Balaban J connectivity index is 2.95. The van der Waals surface area contributed by atoms with Gasteiger partial charge in [0.1, 0.15) is 17.5 Å². The summed E-state index contributed by atoms with van der Waals surface area (Å²) in [5.41, 5.74) is 0. The molecule has 0 aliphatic heterocycles. The molecule has 1 aromatic carbocycles. The zero-order chi connectivity index (χ0) is 14.6. The summed E-state index contributed by atoms with van der Waals surface area (Å²) >= 11 is 0. The molecule has 1 atom stereocenters. The van der Waals surface area contributed by atoms with Crippen LogP contribution in [0.4, 0.5) is 13.2 Å². The third-order valence-corrected chi connectivity index (χ3v) is 3.84. The number of sulfonamides is 1. The Morgan fingerprint density at radius 3 is 2.21 bits per heavy atom. The third kappa shape index (κ3) is 4.19. The Morgan fingerprint density at radius 1 is 1.21 bits per heavy atom. The summed E-state index contributed by atoms with van der Waals surface area (Å²) in [7, 11) is -4.36. The van der Waals surface area contributed by atoms with Crippen LogP contribution in [0.15, 0.2) is 17.0 Å². The van der Waals surface area contributed by atoms with Gasteiger partial charge in [-0.3, -0.25) is 0 Å². The van der Waals surface area contributed by atoms with E-state index in [1.165, 1.54) is 0 Å². The highest BCUT2D eigenvalue weighted by atomic mass is 32.2.